The topological polar surface area (TPSA) is 79.4 Å². The van der Waals surface area contributed by atoms with Gasteiger partial charge in [-0.2, -0.15) is 0 Å². The highest BCUT2D eigenvalue weighted by Gasteiger charge is 2.24. The van der Waals surface area contributed by atoms with Crippen molar-refractivity contribution in [2.24, 2.45) is 0 Å². The molecular formula is C21H20N4O3S. The minimum atomic E-state index is -0.235. The van der Waals surface area contributed by atoms with Crippen molar-refractivity contribution in [2.45, 2.75) is 12.8 Å². The van der Waals surface area contributed by atoms with E-state index in [1.54, 1.807) is 48.5 Å². The van der Waals surface area contributed by atoms with Crippen molar-refractivity contribution >= 4 is 35.4 Å². The Morgan fingerprint density at radius 1 is 1.21 bits per heavy atom. The predicted molar refractivity (Wildman–Crippen MR) is 113 cm³/mol. The van der Waals surface area contributed by atoms with Gasteiger partial charge in [-0.1, -0.05) is 0 Å². The van der Waals surface area contributed by atoms with Crippen molar-refractivity contribution in [3.05, 3.63) is 65.2 Å². The molecule has 2 aromatic carbocycles. The maximum atomic E-state index is 12.6. The fraction of sp³-hybridized carbons (Fsp3) is 0.190. The molecule has 0 radical (unpaired) electrons. The number of ether oxygens (including phenoxy) is 1. The van der Waals surface area contributed by atoms with Crippen LogP contribution in [0.4, 0.5) is 11.4 Å². The molecule has 1 saturated heterocycles. The zero-order valence-corrected chi connectivity index (χ0v) is 16.7. The molecule has 0 atom stereocenters. The maximum Gasteiger partial charge on any atom is 0.255 e. The third-order valence-electron chi connectivity index (χ3n) is 4.86. The summed E-state index contributed by atoms with van der Waals surface area (Å²) in [5.74, 6) is 0.402. The number of methoxy groups -OCH3 is 1. The molecule has 2 amide bonds. The van der Waals surface area contributed by atoms with Crippen LogP contribution in [0.2, 0.25) is 0 Å². The molecule has 1 aliphatic rings. The van der Waals surface area contributed by atoms with E-state index in [0.717, 1.165) is 17.8 Å². The van der Waals surface area contributed by atoms with Gasteiger partial charge in [0.2, 0.25) is 5.91 Å². The highest BCUT2D eigenvalue weighted by Crippen LogP contribution is 2.34. The van der Waals surface area contributed by atoms with Crippen molar-refractivity contribution in [1.82, 2.24) is 9.55 Å². The maximum absolute atomic E-state index is 12.6. The molecule has 0 bridgehead atoms. The molecule has 29 heavy (non-hydrogen) atoms. The van der Waals surface area contributed by atoms with E-state index < -0.39 is 0 Å². The van der Waals surface area contributed by atoms with Gasteiger partial charge < -0.3 is 19.9 Å². The highest BCUT2D eigenvalue weighted by molar-refractivity contribution is 7.71. The SMILES string of the molecule is COc1cc(NC(=O)c2ccc(-n3cc[nH]c3=S)cc2)ccc1N1CCCC1=O. The van der Waals surface area contributed by atoms with Gasteiger partial charge in [-0.25, -0.2) is 0 Å². The average molecular weight is 408 g/mol. The molecule has 2 N–H and O–H groups in total. The van der Waals surface area contributed by atoms with Crippen LogP contribution in [0.3, 0.4) is 0 Å². The van der Waals surface area contributed by atoms with Crippen LogP contribution in [0.5, 0.6) is 5.75 Å². The second-order valence-corrected chi connectivity index (χ2v) is 7.06. The summed E-state index contributed by atoms with van der Waals surface area (Å²) in [4.78, 5) is 29.3. The molecule has 148 valence electrons. The second-order valence-electron chi connectivity index (χ2n) is 6.67. The molecule has 1 aromatic heterocycles. The number of hydrogen-bond acceptors (Lipinski definition) is 4. The van der Waals surface area contributed by atoms with Crippen molar-refractivity contribution in [3.8, 4) is 11.4 Å². The largest absolute Gasteiger partial charge is 0.494 e. The van der Waals surface area contributed by atoms with E-state index in [1.165, 1.54) is 0 Å². The Labute approximate surface area is 172 Å². The van der Waals surface area contributed by atoms with Gasteiger partial charge in [0.25, 0.3) is 5.91 Å². The van der Waals surface area contributed by atoms with Crippen molar-refractivity contribution in [2.75, 3.05) is 23.9 Å². The molecule has 0 unspecified atom stereocenters. The molecule has 0 saturated carbocycles. The fourth-order valence-electron chi connectivity index (χ4n) is 3.38. The predicted octanol–water partition coefficient (Wildman–Crippen LogP) is 3.92. The first-order valence-corrected chi connectivity index (χ1v) is 9.64. The summed E-state index contributed by atoms with van der Waals surface area (Å²) >= 11 is 5.21. The highest BCUT2D eigenvalue weighted by atomic mass is 32.1. The van der Waals surface area contributed by atoms with Crippen LogP contribution in [0.15, 0.2) is 54.9 Å². The summed E-state index contributed by atoms with van der Waals surface area (Å²) in [6.45, 7) is 0.679. The number of carbonyl (C=O) groups is 2. The molecule has 0 spiro atoms. The lowest BCUT2D eigenvalue weighted by Crippen LogP contribution is -2.24. The number of aromatic nitrogens is 2. The number of benzene rings is 2. The van der Waals surface area contributed by atoms with Gasteiger partial charge in [0.1, 0.15) is 5.75 Å². The van der Waals surface area contributed by atoms with Crippen molar-refractivity contribution in [3.63, 3.8) is 0 Å². The van der Waals surface area contributed by atoms with Crippen LogP contribution >= 0.6 is 12.2 Å². The van der Waals surface area contributed by atoms with Gasteiger partial charge in [-0.15, -0.1) is 0 Å². The zero-order chi connectivity index (χ0) is 20.4. The van der Waals surface area contributed by atoms with Gasteiger partial charge in [0.15, 0.2) is 4.77 Å². The minimum Gasteiger partial charge on any atom is -0.494 e. The summed E-state index contributed by atoms with van der Waals surface area (Å²) in [7, 11) is 1.55. The van der Waals surface area contributed by atoms with E-state index in [-0.39, 0.29) is 11.8 Å². The van der Waals surface area contributed by atoms with Gasteiger partial charge in [-0.05, 0) is 55.0 Å². The van der Waals surface area contributed by atoms with Gasteiger partial charge in [-0.3, -0.25) is 14.2 Å². The van der Waals surface area contributed by atoms with E-state index in [9.17, 15) is 9.59 Å². The summed E-state index contributed by atoms with van der Waals surface area (Å²) in [5.41, 5.74) is 2.71. The molecule has 4 rings (SSSR count). The average Bonchev–Trinajstić information content (AvgIpc) is 3.36. The summed E-state index contributed by atoms with van der Waals surface area (Å²) in [5, 5.41) is 2.87. The van der Waals surface area contributed by atoms with Gasteiger partial charge in [0, 0.05) is 48.4 Å². The molecule has 3 aromatic rings. The lowest BCUT2D eigenvalue weighted by atomic mass is 10.1. The number of hydrogen-bond donors (Lipinski definition) is 2. The van der Waals surface area contributed by atoms with E-state index in [0.29, 0.717) is 34.7 Å². The minimum absolute atomic E-state index is 0.0858. The van der Waals surface area contributed by atoms with Gasteiger partial charge in [0.05, 0.1) is 12.8 Å². The van der Waals surface area contributed by atoms with E-state index in [4.69, 9.17) is 17.0 Å². The first kappa shape index (κ1) is 18.9. The molecule has 2 heterocycles. The number of nitrogens with zero attached hydrogens (tertiary/aromatic N) is 2. The van der Waals surface area contributed by atoms with Crippen molar-refractivity contribution in [1.29, 1.82) is 0 Å². The van der Waals surface area contributed by atoms with E-state index in [2.05, 4.69) is 10.3 Å². The third-order valence-corrected chi connectivity index (χ3v) is 5.17. The smallest absolute Gasteiger partial charge is 0.255 e. The molecule has 7 nitrogen and oxygen atoms in total. The Morgan fingerprint density at radius 2 is 2.00 bits per heavy atom. The van der Waals surface area contributed by atoms with Crippen LogP contribution in [-0.4, -0.2) is 35.0 Å². The Kier molecular flexibility index (Phi) is 5.18. The number of amides is 2. The van der Waals surface area contributed by atoms with Gasteiger partial charge >= 0.3 is 0 Å². The van der Waals surface area contributed by atoms with Crippen LogP contribution in [-0.2, 0) is 4.79 Å². The third kappa shape index (κ3) is 3.79. The molecule has 8 heteroatoms. The van der Waals surface area contributed by atoms with E-state index >= 15 is 0 Å². The number of aromatic amines is 1. The quantitative estimate of drug-likeness (QED) is 0.627. The van der Waals surface area contributed by atoms with Crippen LogP contribution < -0.4 is 15.0 Å². The first-order chi connectivity index (χ1) is 14.1. The Balaban J connectivity index is 1.51. The van der Waals surface area contributed by atoms with Crippen LogP contribution in [0.25, 0.3) is 5.69 Å². The van der Waals surface area contributed by atoms with E-state index in [1.807, 2.05) is 22.9 Å². The number of H-pyrrole nitrogens is 1. The normalized spacial score (nSPS) is 13.6. The molecular weight excluding hydrogens is 388 g/mol. The Hall–Kier alpha value is -3.39. The monoisotopic (exact) mass is 408 g/mol. The fourth-order valence-corrected chi connectivity index (χ4v) is 3.62. The first-order valence-electron chi connectivity index (χ1n) is 9.23. The zero-order valence-electron chi connectivity index (χ0n) is 15.8. The lowest BCUT2D eigenvalue weighted by Gasteiger charge is -2.19. The lowest BCUT2D eigenvalue weighted by molar-refractivity contribution is -0.117. The summed E-state index contributed by atoms with van der Waals surface area (Å²) in [6.07, 6.45) is 4.97. The molecule has 1 aliphatic heterocycles. The number of rotatable bonds is 5. The summed E-state index contributed by atoms with van der Waals surface area (Å²) in [6, 6.07) is 12.5. The Morgan fingerprint density at radius 3 is 2.62 bits per heavy atom. The number of anilines is 2. The number of carbonyl (C=O) groups excluding carboxylic acids is 2. The molecule has 1 fully saturated rings. The van der Waals surface area contributed by atoms with Crippen molar-refractivity contribution < 1.29 is 14.3 Å². The van der Waals surface area contributed by atoms with Crippen LogP contribution in [0.1, 0.15) is 23.2 Å². The standard InChI is InChI=1S/C21H20N4O3S/c1-28-18-13-15(6-9-17(18)25-11-2-3-19(25)26)23-20(27)14-4-7-16(8-5-14)24-12-10-22-21(24)29/h4-10,12-13H,2-3,11H2,1H3,(H,22,29)(H,23,27). The summed E-state index contributed by atoms with van der Waals surface area (Å²) < 4.78 is 7.85. The second kappa shape index (κ2) is 7.92. The van der Waals surface area contributed by atoms with Crippen LogP contribution in [0, 0.1) is 4.77 Å². The Bertz CT molecular complexity index is 1120. The molecule has 0 aliphatic carbocycles. The number of imidazole rings is 1. The number of nitrogens with one attached hydrogen (secondary N) is 2.